The molecule has 4 rings (SSSR count). The van der Waals surface area contributed by atoms with Gasteiger partial charge >= 0.3 is 6.03 Å². The van der Waals surface area contributed by atoms with Crippen LogP contribution >= 0.6 is 0 Å². The molecule has 0 bridgehead atoms. The number of hydrogen-bond donors (Lipinski definition) is 5. The second-order valence-electron chi connectivity index (χ2n) is 13.7. The van der Waals surface area contributed by atoms with E-state index in [4.69, 9.17) is 0 Å². The van der Waals surface area contributed by atoms with Gasteiger partial charge in [-0.1, -0.05) is 27.7 Å². The zero-order valence-corrected chi connectivity index (χ0v) is 29.0. The van der Waals surface area contributed by atoms with E-state index >= 15 is 0 Å². The van der Waals surface area contributed by atoms with Crippen LogP contribution in [-0.4, -0.2) is 121 Å². The van der Waals surface area contributed by atoms with Crippen molar-refractivity contribution in [2.45, 2.75) is 115 Å². The molecule has 6 atom stereocenters. The van der Waals surface area contributed by atoms with Gasteiger partial charge in [-0.05, 0) is 97.6 Å². The second kappa shape index (κ2) is 16.3. The number of Topliss-reactive ketones (excluding diaryl/α,β-unsaturated/α-hetero) is 1. The average molecular weight is 660 g/mol. The van der Waals surface area contributed by atoms with Crippen molar-refractivity contribution in [1.29, 1.82) is 0 Å². The van der Waals surface area contributed by atoms with Crippen molar-refractivity contribution in [1.82, 2.24) is 36.4 Å². The molecule has 14 heteroatoms. The summed E-state index contributed by atoms with van der Waals surface area (Å²) in [6.07, 6.45) is 4.25. The zero-order chi connectivity index (χ0) is 34.2. The minimum Gasteiger partial charge on any atom is -0.356 e. The maximum atomic E-state index is 13.4. The Labute approximate surface area is 279 Å². The third kappa shape index (κ3) is 8.13. The van der Waals surface area contributed by atoms with E-state index in [9.17, 15) is 24.0 Å². The fraction of sp³-hybridized carbons (Fsp3) is 0.848. The third-order valence-electron chi connectivity index (χ3n) is 10.9. The second-order valence-corrected chi connectivity index (χ2v) is 13.7. The highest BCUT2D eigenvalue weighted by molar-refractivity contribution is 6.17. The van der Waals surface area contributed by atoms with Crippen LogP contribution in [0.25, 0.3) is 0 Å². The van der Waals surface area contributed by atoms with E-state index in [1.54, 1.807) is 0 Å². The van der Waals surface area contributed by atoms with Crippen LogP contribution in [0.4, 0.5) is 4.79 Å². The largest absolute Gasteiger partial charge is 0.356 e. The minimum absolute atomic E-state index is 0.0665. The van der Waals surface area contributed by atoms with Crippen LogP contribution in [0.2, 0.25) is 0 Å². The van der Waals surface area contributed by atoms with Crippen LogP contribution in [0.3, 0.4) is 0 Å². The van der Waals surface area contributed by atoms with Crippen molar-refractivity contribution < 1.29 is 24.0 Å². The van der Waals surface area contributed by atoms with Gasteiger partial charge in [0.05, 0.1) is 23.7 Å². The molecular formula is C33H57N9O5. The van der Waals surface area contributed by atoms with Crippen molar-refractivity contribution in [2.24, 2.45) is 22.1 Å². The van der Waals surface area contributed by atoms with Gasteiger partial charge in [0.2, 0.25) is 17.4 Å². The third-order valence-corrected chi connectivity index (χ3v) is 10.9. The van der Waals surface area contributed by atoms with Crippen LogP contribution in [0.15, 0.2) is 10.2 Å². The van der Waals surface area contributed by atoms with Gasteiger partial charge in [-0.2, -0.15) is 10.2 Å². The van der Waals surface area contributed by atoms with Crippen molar-refractivity contribution >= 4 is 29.5 Å². The summed E-state index contributed by atoms with van der Waals surface area (Å²) in [5, 5.41) is 24.1. The summed E-state index contributed by atoms with van der Waals surface area (Å²) in [4.78, 5) is 69.8. The van der Waals surface area contributed by atoms with E-state index in [0.717, 1.165) is 52.1 Å². The van der Waals surface area contributed by atoms with E-state index in [2.05, 4.69) is 74.3 Å². The molecule has 264 valence electrons. The number of carbonyl (C=O) groups is 5. The Bertz CT molecular complexity index is 1130. The number of azo groups is 1. The Morgan fingerprint density at radius 2 is 1.36 bits per heavy atom. The maximum absolute atomic E-state index is 13.4. The highest BCUT2D eigenvalue weighted by Gasteiger charge is 2.72. The van der Waals surface area contributed by atoms with Gasteiger partial charge in [-0.25, -0.2) is 4.79 Å². The van der Waals surface area contributed by atoms with E-state index in [1.165, 1.54) is 6.92 Å². The average Bonchev–Trinajstić information content (AvgIpc) is 3.43. The predicted octanol–water partition coefficient (Wildman–Crippen LogP) is 1.35. The Kier molecular flexibility index (Phi) is 12.7. The molecule has 0 radical (unpaired) electrons. The highest BCUT2D eigenvalue weighted by atomic mass is 16.2. The summed E-state index contributed by atoms with van der Waals surface area (Å²) in [6, 6.07) is -1.06. The number of ketones is 1. The normalized spacial score (nSPS) is 31.7. The van der Waals surface area contributed by atoms with Crippen LogP contribution in [0.5, 0.6) is 0 Å². The first-order valence-electron chi connectivity index (χ1n) is 17.8. The summed E-state index contributed by atoms with van der Waals surface area (Å²) in [5.41, 5.74) is -2.65. The molecule has 2 saturated carbocycles. The molecule has 0 aromatic heterocycles. The SMILES string of the molecule is CCN(CC)CCCNC(=O)C1CC(N=NC2(C(C)=O)C(=O)NC23CCC2NC(=O)NC2C3)CC(C(=O)NCCCN(CC)CC)C1. The Morgan fingerprint density at radius 1 is 0.830 bits per heavy atom. The number of rotatable bonds is 17. The number of fused-ring (bicyclic) bond motifs is 1. The summed E-state index contributed by atoms with van der Waals surface area (Å²) >= 11 is 0. The Morgan fingerprint density at radius 3 is 1.85 bits per heavy atom. The minimum atomic E-state index is -1.70. The molecule has 5 amide bonds. The lowest BCUT2D eigenvalue weighted by Crippen LogP contribution is -2.85. The molecule has 2 aliphatic carbocycles. The molecular weight excluding hydrogens is 602 g/mol. The molecule has 2 saturated heterocycles. The van der Waals surface area contributed by atoms with E-state index in [1.807, 2.05) is 0 Å². The van der Waals surface area contributed by atoms with Crippen molar-refractivity contribution in [3.8, 4) is 0 Å². The summed E-state index contributed by atoms with van der Waals surface area (Å²) in [6.45, 7) is 16.5. The van der Waals surface area contributed by atoms with E-state index in [-0.39, 0.29) is 29.9 Å². The van der Waals surface area contributed by atoms with Gasteiger partial charge in [0.1, 0.15) is 0 Å². The number of carbonyl (C=O) groups excluding carboxylic acids is 5. The lowest BCUT2D eigenvalue weighted by molar-refractivity contribution is -0.156. The quantitative estimate of drug-likeness (QED) is 0.0678. The Hall–Kier alpha value is -3.13. The fourth-order valence-electron chi connectivity index (χ4n) is 8.01. The molecule has 0 aromatic carbocycles. The smallest absolute Gasteiger partial charge is 0.315 e. The molecule has 2 heterocycles. The molecule has 4 aliphatic rings. The maximum Gasteiger partial charge on any atom is 0.315 e. The van der Waals surface area contributed by atoms with Gasteiger partial charge in [0, 0.05) is 24.9 Å². The molecule has 47 heavy (non-hydrogen) atoms. The number of hydrogen-bond acceptors (Lipinski definition) is 9. The molecule has 1 spiro atoms. The molecule has 0 aromatic rings. The number of amides is 5. The first-order valence-corrected chi connectivity index (χ1v) is 17.8. The van der Waals surface area contributed by atoms with Gasteiger partial charge < -0.3 is 36.4 Å². The topological polar surface area (TPSA) is 177 Å². The van der Waals surface area contributed by atoms with E-state index in [0.29, 0.717) is 51.6 Å². The fourth-order valence-corrected chi connectivity index (χ4v) is 8.01. The first kappa shape index (κ1) is 36.7. The van der Waals surface area contributed by atoms with Crippen molar-refractivity contribution in [2.75, 3.05) is 52.4 Å². The molecule has 2 aliphatic heterocycles. The van der Waals surface area contributed by atoms with Gasteiger partial charge in [-0.15, -0.1) is 0 Å². The molecule has 4 fully saturated rings. The molecule has 5 N–H and O–H groups in total. The van der Waals surface area contributed by atoms with Gasteiger partial charge in [-0.3, -0.25) is 19.2 Å². The van der Waals surface area contributed by atoms with Gasteiger partial charge in [0.15, 0.2) is 5.78 Å². The number of β-lactam (4-membered cyclic amide) rings is 1. The zero-order valence-electron chi connectivity index (χ0n) is 29.0. The monoisotopic (exact) mass is 659 g/mol. The van der Waals surface area contributed by atoms with Crippen molar-refractivity contribution in [3.63, 3.8) is 0 Å². The lowest BCUT2D eigenvalue weighted by atomic mass is 9.58. The van der Waals surface area contributed by atoms with Gasteiger partial charge in [0.25, 0.3) is 5.91 Å². The number of nitrogens with zero attached hydrogens (tertiary/aromatic N) is 4. The van der Waals surface area contributed by atoms with Crippen LogP contribution in [0.1, 0.15) is 86.0 Å². The number of urea groups is 1. The summed E-state index contributed by atoms with van der Waals surface area (Å²) in [5.74, 6) is -2.00. The Balaban J connectivity index is 1.47. The molecule has 14 nitrogen and oxygen atoms in total. The van der Waals surface area contributed by atoms with Crippen molar-refractivity contribution in [3.05, 3.63) is 0 Å². The van der Waals surface area contributed by atoms with E-state index < -0.39 is 40.6 Å². The van der Waals surface area contributed by atoms with Crippen LogP contribution < -0.4 is 26.6 Å². The lowest BCUT2D eigenvalue weighted by Gasteiger charge is -2.57. The first-order chi connectivity index (χ1) is 22.5. The molecule has 6 unspecified atom stereocenters. The van der Waals surface area contributed by atoms with Crippen LogP contribution in [0, 0.1) is 11.8 Å². The highest BCUT2D eigenvalue weighted by Crippen LogP contribution is 2.48. The predicted molar refractivity (Wildman–Crippen MR) is 178 cm³/mol. The number of nitrogens with one attached hydrogen (secondary N) is 5. The summed E-state index contributed by atoms with van der Waals surface area (Å²) in [7, 11) is 0. The van der Waals surface area contributed by atoms with Crippen LogP contribution in [-0.2, 0) is 19.2 Å². The summed E-state index contributed by atoms with van der Waals surface area (Å²) < 4.78 is 0. The standard InChI is InChI=1S/C33H57N9O5/c1-6-41(7-2)16-10-14-34-28(44)23-18-24(29(45)35-15-11-17-42(8-3)9-4)20-25(19-23)39-40-33(22(5)43)30(46)38-32(33)13-12-26-27(21-32)37-31(47)36-26/h23-27H,6-21H2,1-5H3,(H,34,44)(H,35,45)(H,38,46)(H2,36,37,47).